The number of aromatic nitrogens is 1. The lowest BCUT2D eigenvalue weighted by atomic mass is 9.73. The number of piperidine rings is 2. The zero-order chi connectivity index (χ0) is 18.9. The molecule has 5 heteroatoms. The first-order valence-corrected chi connectivity index (χ1v) is 9.97. The van der Waals surface area contributed by atoms with Gasteiger partial charge in [-0.2, -0.15) is 0 Å². The molecule has 2 aliphatic heterocycles. The highest BCUT2D eigenvalue weighted by Gasteiger charge is 2.41. The number of rotatable bonds is 4. The number of carbonyl (C=O) groups excluding carboxylic acids is 1. The van der Waals surface area contributed by atoms with Gasteiger partial charge in [0, 0.05) is 62.4 Å². The molecule has 2 fully saturated rings. The van der Waals surface area contributed by atoms with Crippen molar-refractivity contribution in [2.45, 2.75) is 32.6 Å². The first-order valence-electron chi connectivity index (χ1n) is 9.97. The third-order valence-corrected chi connectivity index (χ3v) is 6.19. The largest absolute Gasteiger partial charge is 0.383 e. The lowest BCUT2D eigenvalue weighted by Crippen LogP contribution is -2.54. The van der Waals surface area contributed by atoms with Crippen molar-refractivity contribution in [3.8, 4) is 0 Å². The van der Waals surface area contributed by atoms with E-state index >= 15 is 0 Å². The molecule has 2 aliphatic rings. The molecule has 0 bridgehead atoms. The standard InChI is InChI=1S/C22H29N3O2/c1-17-4-5-19-18(14-17)20(7-10-23-19)24-11-3-8-22(15-24)9-6-21(26)25(16-22)12-13-27-2/h4-5,7,10,14H,3,6,8-9,11-13,15-16H2,1-2H3/t22-/m0/s1. The van der Waals surface area contributed by atoms with Crippen molar-refractivity contribution < 1.29 is 9.53 Å². The van der Waals surface area contributed by atoms with Crippen molar-refractivity contribution >= 4 is 22.5 Å². The number of hydrogen-bond acceptors (Lipinski definition) is 4. The van der Waals surface area contributed by atoms with Crippen LogP contribution in [-0.2, 0) is 9.53 Å². The molecule has 4 rings (SSSR count). The molecule has 0 aliphatic carbocycles. The van der Waals surface area contributed by atoms with Crippen molar-refractivity contribution in [3.05, 3.63) is 36.0 Å². The zero-order valence-electron chi connectivity index (χ0n) is 16.4. The van der Waals surface area contributed by atoms with Gasteiger partial charge in [0.1, 0.15) is 0 Å². The number of benzene rings is 1. The van der Waals surface area contributed by atoms with Gasteiger partial charge < -0.3 is 14.5 Å². The second-order valence-electron chi connectivity index (χ2n) is 8.18. The average Bonchev–Trinajstić information content (AvgIpc) is 2.68. The smallest absolute Gasteiger partial charge is 0.222 e. The Balaban J connectivity index is 1.60. The van der Waals surface area contributed by atoms with Crippen LogP contribution in [0, 0.1) is 12.3 Å². The highest BCUT2D eigenvalue weighted by molar-refractivity contribution is 5.92. The van der Waals surface area contributed by atoms with Gasteiger partial charge in [-0.1, -0.05) is 11.6 Å². The number of pyridine rings is 1. The molecule has 5 nitrogen and oxygen atoms in total. The van der Waals surface area contributed by atoms with Gasteiger partial charge in [0.05, 0.1) is 12.1 Å². The minimum atomic E-state index is 0.194. The summed E-state index contributed by atoms with van der Waals surface area (Å²) in [4.78, 5) is 21.4. The summed E-state index contributed by atoms with van der Waals surface area (Å²) in [7, 11) is 1.70. The molecule has 0 radical (unpaired) electrons. The molecule has 1 aromatic heterocycles. The van der Waals surface area contributed by atoms with E-state index in [9.17, 15) is 4.79 Å². The molecule has 0 unspecified atom stereocenters. The van der Waals surface area contributed by atoms with Crippen LogP contribution in [0.2, 0.25) is 0 Å². The quantitative estimate of drug-likeness (QED) is 0.831. The number of methoxy groups -OCH3 is 1. The molecule has 1 amide bonds. The fraction of sp³-hybridized carbons (Fsp3) is 0.545. The maximum absolute atomic E-state index is 12.3. The van der Waals surface area contributed by atoms with E-state index in [1.54, 1.807) is 7.11 Å². The topological polar surface area (TPSA) is 45.7 Å². The Morgan fingerprint density at radius 2 is 2.11 bits per heavy atom. The van der Waals surface area contributed by atoms with E-state index in [4.69, 9.17) is 4.74 Å². The Hall–Kier alpha value is -2.14. The van der Waals surface area contributed by atoms with Crippen LogP contribution in [0.1, 0.15) is 31.2 Å². The highest BCUT2D eigenvalue weighted by atomic mass is 16.5. The molecule has 1 aromatic carbocycles. The van der Waals surface area contributed by atoms with Crippen LogP contribution in [-0.4, -0.2) is 55.7 Å². The van der Waals surface area contributed by atoms with Gasteiger partial charge in [-0.3, -0.25) is 9.78 Å². The molecule has 0 N–H and O–H groups in total. The first kappa shape index (κ1) is 18.2. The molecule has 1 spiro atoms. The number of carbonyl (C=O) groups is 1. The predicted octanol–water partition coefficient (Wildman–Crippen LogP) is 3.40. The summed E-state index contributed by atoms with van der Waals surface area (Å²) in [5, 5.41) is 1.23. The van der Waals surface area contributed by atoms with Crippen LogP contribution in [0.4, 0.5) is 5.69 Å². The number of likely N-dealkylation sites (tertiary alicyclic amines) is 1. The summed E-state index contributed by atoms with van der Waals surface area (Å²) in [6.45, 7) is 6.38. The Morgan fingerprint density at radius 3 is 2.96 bits per heavy atom. The van der Waals surface area contributed by atoms with Gasteiger partial charge in [-0.25, -0.2) is 0 Å². The van der Waals surface area contributed by atoms with Gasteiger partial charge in [-0.05, 0) is 44.4 Å². The lowest BCUT2D eigenvalue weighted by Gasteiger charge is -2.49. The first-order chi connectivity index (χ1) is 13.1. The second-order valence-corrected chi connectivity index (χ2v) is 8.18. The Kier molecular flexibility index (Phi) is 5.04. The molecule has 1 atom stereocenters. The van der Waals surface area contributed by atoms with Gasteiger partial charge in [-0.15, -0.1) is 0 Å². The van der Waals surface area contributed by atoms with E-state index < -0.39 is 0 Å². The van der Waals surface area contributed by atoms with Crippen LogP contribution in [0.5, 0.6) is 0 Å². The third kappa shape index (κ3) is 3.65. The highest BCUT2D eigenvalue weighted by Crippen LogP contribution is 2.41. The van der Waals surface area contributed by atoms with E-state index in [1.165, 1.54) is 29.5 Å². The van der Waals surface area contributed by atoms with Crippen molar-refractivity contribution in [3.63, 3.8) is 0 Å². The van der Waals surface area contributed by atoms with Crippen LogP contribution in [0.15, 0.2) is 30.5 Å². The summed E-state index contributed by atoms with van der Waals surface area (Å²) >= 11 is 0. The molecular weight excluding hydrogens is 338 g/mol. The minimum absolute atomic E-state index is 0.194. The van der Waals surface area contributed by atoms with E-state index in [1.807, 2.05) is 11.1 Å². The number of hydrogen-bond donors (Lipinski definition) is 0. The molecule has 2 saturated heterocycles. The monoisotopic (exact) mass is 367 g/mol. The summed E-state index contributed by atoms with van der Waals surface area (Å²) in [5.41, 5.74) is 3.79. The Morgan fingerprint density at radius 1 is 1.22 bits per heavy atom. The van der Waals surface area contributed by atoms with Crippen molar-refractivity contribution in [1.29, 1.82) is 0 Å². The summed E-state index contributed by atoms with van der Waals surface area (Å²) in [6, 6.07) is 8.63. The average molecular weight is 367 g/mol. The van der Waals surface area contributed by atoms with E-state index in [2.05, 4.69) is 41.1 Å². The number of amides is 1. The fourth-order valence-electron chi connectivity index (χ4n) is 4.78. The normalized spacial score (nSPS) is 23.4. The van der Waals surface area contributed by atoms with E-state index in [0.29, 0.717) is 19.6 Å². The van der Waals surface area contributed by atoms with Crippen LogP contribution in [0.3, 0.4) is 0 Å². The minimum Gasteiger partial charge on any atom is -0.383 e. The number of anilines is 1. The zero-order valence-corrected chi connectivity index (χ0v) is 16.4. The third-order valence-electron chi connectivity index (χ3n) is 6.19. The van der Waals surface area contributed by atoms with E-state index in [-0.39, 0.29) is 11.3 Å². The number of nitrogens with zero attached hydrogens (tertiary/aromatic N) is 3. The lowest BCUT2D eigenvalue weighted by molar-refractivity contribution is -0.138. The second kappa shape index (κ2) is 7.47. The van der Waals surface area contributed by atoms with E-state index in [0.717, 1.165) is 31.6 Å². The summed E-state index contributed by atoms with van der Waals surface area (Å²) in [5.74, 6) is 0.278. The molecule has 3 heterocycles. The number of aryl methyl sites for hydroxylation is 1. The van der Waals surface area contributed by atoms with Crippen LogP contribution in [0.25, 0.3) is 10.9 Å². The molecule has 2 aromatic rings. The Bertz CT molecular complexity index is 837. The van der Waals surface area contributed by atoms with Crippen molar-refractivity contribution in [2.75, 3.05) is 44.8 Å². The maximum Gasteiger partial charge on any atom is 0.222 e. The molecular formula is C22H29N3O2. The van der Waals surface area contributed by atoms with Gasteiger partial charge in [0.25, 0.3) is 0 Å². The van der Waals surface area contributed by atoms with Gasteiger partial charge in [0.2, 0.25) is 5.91 Å². The van der Waals surface area contributed by atoms with Crippen molar-refractivity contribution in [2.24, 2.45) is 5.41 Å². The Labute approximate surface area is 161 Å². The fourth-order valence-corrected chi connectivity index (χ4v) is 4.78. The number of ether oxygens (including phenoxy) is 1. The number of fused-ring (bicyclic) bond motifs is 1. The van der Waals surface area contributed by atoms with Gasteiger partial charge >= 0.3 is 0 Å². The SMILES string of the molecule is COCCN1C[C@@]2(CCCN(c3ccnc4ccc(C)cc34)C2)CCC1=O. The summed E-state index contributed by atoms with van der Waals surface area (Å²) in [6.07, 6.45) is 5.94. The predicted molar refractivity (Wildman–Crippen MR) is 108 cm³/mol. The molecule has 27 heavy (non-hydrogen) atoms. The molecule has 0 saturated carbocycles. The summed E-state index contributed by atoms with van der Waals surface area (Å²) < 4.78 is 5.21. The molecule has 144 valence electrons. The van der Waals surface area contributed by atoms with Crippen LogP contribution >= 0.6 is 0 Å². The maximum atomic E-state index is 12.3. The van der Waals surface area contributed by atoms with Gasteiger partial charge in [0.15, 0.2) is 0 Å². The van der Waals surface area contributed by atoms with Crippen LogP contribution < -0.4 is 4.90 Å². The van der Waals surface area contributed by atoms with Crippen molar-refractivity contribution in [1.82, 2.24) is 9.88 Å².